The Morgan fingerprint density at radius 1 is 1.57 bits per heavy atom. The number of hydrogen-bond acceptors (Lipinski definition) is 5. The predicted molar refractivity (Wildman–Crippen MR) is 52.5 cm³/mol. The van der Waals surface area contributed by atoms with Crippen molar-refractivity contribution in [1.82, 2.24) is 15.5 Å². The molecular formula is C8H8BrN3O2. The molecule has 0 aliphatic heterocycles. The SMILES string of the molecule is CNCc1noc(-c2coc(Br)c2)n1. The van der Waals surface area contributed by atoms with Crippen molar-refractivity contribution in [3.05, 3.63) is 22.8 Å². The lowest BCUT2D eigenvalue weighted by atomic mass is 10.3. The van der Waals surface area contributed by atoms with Gasteiger partial charge in [0.15, 0.2) is 10.5 Å². The molecule has 2 rings (SSSR count). The van der Waals surface area contributed by atoms with Gasteiger partial charge in [0.25, 0.3) is 5.89 Å². The van der Waals surface area contributed by atoms with Gasteiger partial charge in [0.1, 0.15) is 6.26 Å². The number of halogens is 1. The van der Waals surface area contributed by atoms with Crippen LogP contribution < -0.4 is 5.32 Å². The van der Waals surface area contributed by atoms with E-state index in [4.69, 9.17) is 8.94 Å². The van der Waals surface area contributed by atoms with Crippen LogP contribution in [-0.2, 0) is 6.54 Å². The van der Waals surface area contributed by atoms with E-state index in [9.17, 15) is 0 Å². The third-order valence-electron chi connectivity index (χ3n) is 1.62. The van der Waals surface area contributed by atoms with Crippen molar-refractivity contribution in [3.8, 4) is 11.5 Å². The fourth-order valence-electron chi connectivity index (χ4n) is 1.02. The number of nitrogens with zero attached hydrogens (tertiary/aromatic N) is 2. The zero-order valence-electron chi connectivity index (χ0n) is 7.45. The van der Waals surface area contributed by atoms with Crippen LogP contribution in [0, 0.1) is 0 Å². The van der Waals surface area contributed by atoms with Crippen LogP contribution in [0.25, 0.3) is 11.5 Å². The minimum Gasteiger partial charge on any atom is -0.457 e. The molecule has 0 saturated carbocycles. The second-order valence-electron chi connectivity index (χ2n) is 2.69. The van der Waals surface area contributed by atoms with E-state index in [2.05, 4.69) is 31.4 Å². The molecule has 0 atom stereocenters. The molecule has 14 heavy (non-hydrogen) atoms. The summed E-state index contributed by atoms with van der Waals surface area (Å²) in [7, 11) is 1.82. The summed E-state index contributed by atoms with van der Waals surface area (Å²) >= 11 is 3.20. The van der Waals surface area contributed by atoms with Crippen LogP contribution in [0.1, 0.15) is 5.82 Å². The third-order valence-corrected chi connectivity index (χ3v) is 2.03. The highest BCUT2D eigenvalue weighted by molar-refractivity contribution is 9.10. The molecule has 2 heterocycles. The van der Waals surface area contributed by atoms with E-state index in [0.717, 1.165) is 5.56 Å². The second kappa shape index (κ2) is 3.93. The van der Waals surface area contributed by atoms with Crippen LogP contribution in [0.3, 0.4) is 0 Å². The number of furan rings is 1. The molecule has 74 valence electrons. The molecule has 0 bridgehead atoms. The van der Waals surface area contributed by atoms with E-state index in [1.54, 1.807) is 12.3 Å². The Kier molecular flexibility index (Phi) is 2.64. The molecule has 0 unspecified atom stereocenters. The van der Waals surface area contributed by atoms with Crippen molar-refractivity contribution >= 4 is 15.9 Å². The molecule has 0 amide bonds. The van der Waals surface area contributed by atoms with Gasteiger partial charge < -0.3 is 14.3 Å². The van der Waals surface area contributed by atoms with Crippen molar-refractivity contribution in [1.29, 1.82) is 0 Å². The lowest BCUT2D eigenvalue weighted by Crippen LogP contribution is -2.06. The van der Waals surface area contributed by atoms with Crippen molar-refractivity contribution in [2.24, 2.45) is 0 Å². The van der Waals surface area contributed by atoms with Crippen molar-refractivity contribution in [2.45, 2.75) is 6.54 Å². The minimum atomic E-state index is 0.463. The van der Waals surface area contributed by atoms with Crippen LogP contribution in [-0.4, -0.2) is 17.2 Å². The molecular weight excluding hydrogens is 250 g/mol. The number of hydrogen-bond donors (Lipinski definition) is 1. The largest absolute Gasteiger partial charge is 0.457 e. The maximum absolute atomic E-state index is 5.06. The molecule has 0 radical (unpaired) electrons. The smallest absolute Gasteiger partial charge is 0.261 e. The number of aromatic nitrogens is 2. The Morgan fingerprint density at radius 2 is 2.43 bits per heavy atom. The Labute approximate surface area is 88.6 Å². The van der Waals surface area contributed by atoms with Gasteiger partial charge in [-0.25, -0.2) is 0 Å². The van der Waals surface area contributed by atoms with Crippen LogP contribution in [0.2, 0.25) is 0 Å². The summed E-state index contributed by atoms with van der Waals surface area (Å²) in [6, 6.07) is 1.77. The standard InChI is InChI=1S/C8H8BrN3O2/c1-10-3-7-11-8(14-12-7)5-2-6(9)13-4-5/h2,4,10H,3H2,1H3. The van der Waals surface area contributed by atoms with Gasteiger partial charge in [-0.1, -0.05) is 5.16 Å². The average Bonchev–Trinajstić information content (AvgIpc) is 2.74. The molecule has 1 N–H and O–H groups in total. The van der Waals surface area contributed by atoms with Gasteiger partial charge in [0.05, 0.1) is 12.1 Å². The fourth-order valence-corrected chi connectivity index (χ4v) is 1.36. The highest BCUT2D eigenvalue weighted by Crippen LogP contribution is 2.23. The molecule has 0 spiro atoms. The first-order chi connectivity index (χ1) is 6.79. The summed E-state index contributed by atoms with van der Waals surface area (Å²) in [5, 5.41) is 6.72. The van der Waals surface area contributed by atoms with Gasteiger partial charge in [0, 0.05) is 6.07 Å². The summed E-state index contributed by atoms with van der Waals surface area (Å²) < 4.78 is 10.7. The molecule has 0 aliphatic carbocycles. The van der Waals surface area contributed by atoms with Crippen molar-refractivity contribution in [2.75, 3.05) is 7.05 Å². The van der Waals surface area contributed by atoms with E-state index >= 15 is 0 Å². The van der Waals surface area contributed by atoms with Crippen molar-refractivity contribution in [3.63, 3.8) is 0 Å². The van der Waals surface area contributed by atoms with E-state index in [1.165, 1.54) is 0 Å². The van der Waals surface area contributed by atoms with E-state index < -0.39 is 0 Å². The van der Waals surface area contributed by atoms with Gasteiger partial charge >= 0.3 is 0 Å². The Morgan fingerprint density at radius 3 is 3.07 bits per heavy atom. The molecule has 0 fully saturated rings. The first-order valence-electron chi connectivity index (χ1n) is 4.01. The topological polar surface area (TPSA) is 64.1 Å². The molecule has 0 aromatic carbocycles. The normalized spacial score (nSPS) is 10.7. The number of nitrogens with one attached hydrogen (secondary N) is 1. The number of rotatable bonds is 3. The lowest BCUT2D eigenvalue weighted by Gasteiger charge is -1.86. The Bertz CT molecular complexity index is 424. The van der Waals surface area contributed by atoms with Gasteiger partial charge in [-0.15, -0.1) is 0 Å². The highest BCUT2D eigenvalue weighted by atomic mass is 79.9. The second-order valence-corrected chi connectivity index (χ2v) is 3.47. The quantitative estimate of drug-likeness (QED) is 0.909. The summed E-state index contributed by atoms with van der Waals surface area (Å²) in [6.07, 6.45) is 1.56. The molecule has 6 heteroatoms. The molecule has 5 nitrogen and oxygen atoms in total. The Balaban J connectivity index is 2.24. The molecule has 0 saturated heterocycles. The zero-order chi connectivity index (χ0) is 9.97. The average molecular weight is 258 g/mol. The highest BCUT2D eigenvalue weighted by Gasteiger charge is 2.10. The lowest BCUT2D eigenvalue weighted by molar-refractivity contribution is 0.420. The van der Waals surface area contributed by atoms with Crippen LogP contribution in [0.15, 0.2) is 25.9 Å². The maximum atomic E-state index is 5.06. The van der Waals surface area contributed by atoms with E-state index in [0.29, 0.717) is 22.9 Å². The van der Waals surface area contributed by atoms with Crippen LogP contribution in [0.4, 0.5) is 0 Å². The molecule has 2 aromatic heterocycles. The summed E-state index contributed by atoms with van der Waals surface area (Å²) in [4.78, 5) is 4.16. The molecule has 0 aliphatic rings. The van der Waals surface area contributed by atoms with Gasteiger partial charge in [-0.05, 0) is 23.0 Å². The van der Waals surface area contributed by atoms with Crippen molar-refractivity contribution < 1.29 is 8.94 Å². The predicted octanol–water partition coefficient (Wildman–Crippen LogP) is 1.81. The van der Waals surface area contributed by atoms with Gasteiger partial charge in [0.2, 0.25) is 0 Å². The fraction of sp³-hybridized carbons (Fsp3) is 0.250. The first kappa shape index (κ1) is 9.42. The van der Waals surface area contributed by atoms with E-state index in [-0.39, 0.29) is 0 Å². The summed E-state index contributed by atoms with van der Waals surface area (Å²) in [5.74, 6) is 1.09. The van der Waals surface area contributed by atoms with Crippen LogP contribution >= 0.6 is 15.9 Å². The third kappa shape index (κ3) is 1.85. The van der Waals surface area contributed by atoms with Gasteiger partial charge in [-0.2, -0.15) is 4.98 Å². The van der Waals surface area contributed by atoms with E-state index in [1.807, 2.05) is 7.05 Å². The van der Waals surface area contributed by atoms with Gasteiger partial charge in [-0.3, -0.25) is 0 Å². The Hall–Kier alpha value is -1.14. The minimum absolute atomic E-state index is 0.463. The molecule has 2 aromatic rings. The maximum Gasteiger partial charge on any atom is 0.261 e. The zero-order valence-corrected chi connectivity index (χ0v) is 9.04. The monoisotopic (exact) mass is 257 g/mol. The first-order valence-corrected chi connectivity index (χ1v) is 4.80. The summed E-state index contributed by atoms with van der Waals surface area (Å²) in [5.41, 5.74) is 0.770. The van der Waals surface area contributed by atoms with Crippen LogP contribution in [0.5, 0.6) is 0 Å². The summed E-state index contributed by atoms with van der Waals surface area (Å²) in [6.45, 7) is 0.586.